The first-order chi connectivity index (χ1) is 16.7. The summed E-state index contributed by atoms with van der Waals surface area (Å²) in [6, 6.07) is 18.6. The number of aryl methyl sites for hydroxylation is 1. The van der Waals surface area contributed by atoms with E-state index in [1.165, 1.54) is 75.3 Å². The van der Waals surface area contributed by atoms with Gasteiger partial charge in [0.05, 0.1) is 5.56 Å². The van der Waals surface area contributed by atoms with Crippen LogP contribution in [0.5, 0.6) is 0 Å². The zero-order valence-corrected chi connectivity index (χ0v) is 21.0. The van der Waals surface area contributed by atoms with E-state index < -0.39 is 0 Å². The van der Waals surface area contributed by atoms with Crippen LogP contribution >= 0.6 is 0 Å². The Labute approximate surface area is 206 Å². The van der Waals surface area contributed by atoms with Gasteiger partial charge < -0.3 is 0 Å². The highest BCUT2D eigenvalue weighted by molar-refractivity contribution is 5.85. The lowest BCUT2D eigenvalue weighted by Crippen LogP contribution is -2.12. The maximum Gasteiger partial charge on any atom is 0.146 e. The Bertz CT molecular complexity index is 1120. The van der Waals surface area contributed by atoms with Crippen LogP contribution in [0.3, 0.4) is 0 Å². The SMILES string of the molecule is CCCCCCCc1ccc(C#Cc2ccc3cc(C4CCC(CC)CC4)ccc3c2F)cc1. The van der Waals surface area contributed by atoms with E-state index in [1.807, 2.05) is 18.2 Å². The molecule has 3 aromatic rings. The molecular weight excluding hydrogens is 415 g/mol. The Kier molecular flexibility index (Phi) is 8.81. The van der Waals surface area contributed by atoms with Gasteiger partial charge in [-0.1, -0.05) is 94.2 Å². The Balaban J connectivity index is 1.42. The highest BCUT2D eigenvalue weighted by atomic mass is 19.1. The third-order valence-electron chi connectivity index (χ3n) is 7.74. The van der Waals surface area contributed by atoms with Crippen molar-refractivity contribution >= 4 is 10.8 Å². The summed E-state index contributed by atoms with van der Waals surface area (Å²) in [5.41, 5.74) is 4.14. The fourth-order valence-electron chi connectivity index (χ4n) is 5.39. The van der Waals surface area contributed by atoms with E-state index in [9.17, 15) is 0 Å². The van der Waals surface area contributed by atoms with E-state index >= 15 is 4.39 Å². The fraction of sp³-hybridized carbons (Fsp3) is 0.455. The molecule has 0 atom stereocenters. The summed E-state index contributed by atoms with van der Waals surface area (Å²) < 4.78 is 15.2. The Morgan fingerprint density at radius 1 is 0.794 bits per heavy atom. The average Bonchev–Trinajstić information content (AvgIpc) is 2.89. The molecule has 1 heteroatoms. The molecule has 0 amide bonds. The molecule has 0 aromatic heterocycles. The molecule has 0 saturated heterocycles. The van der Waals surface area contributed by atoms with Crippen LogP contribution in [0.15, 0.2) is 54.6 Å². The van der Waals surface area contributed by atoms with Crippen LogP contribution in [0, 0.1) is 23.6 Å². The zero-order valence-electron chi connectivity index (χ0n) is 21.0. The third-order valence-corrected chi connectivity index (χ3v) is 7.74. The number of halogens is 1. The molecule has 0 spiro atoms. The molecule has 1 fully saturated rings. The molecule has 0 heterocycles. The summed E-state index contributed by atoms with van der Waals surface area (Å²) in [6.45, 7) is 4.55. The van der Waals surface area contributed by atoms with E-state index in [0.717, 1.165) is 23.3 Å². The minimum Gasteiger partial charge on any atom is -0.205 e. The first-order valence-electron chi connectivity index (χ1n) is 13.5. The van der Waals surface area contributed by atoms with Crippen LogP contribution in [0.1, 0.15) is 106 Å². The van der Waals surface area contributed by atoms with Crippen molar-refractivity contribution in [3.63, 3.8) is 0 Å². The van der Waals surface area contributed by atoms with E-state index in [1.54, 1.807) is 0 Å². The van der Waals surface area contributed by atoms with Gasteiger partial charge in [-0.15, -0.1) is 0 Å². The lowest BCUT2D eigenvalue weighted by atomic mass is 9.77. The third kappa shape index (κ3) is 6.29. The number of benzene rings is 3. The molecule has 0 radical (unpaired) electrons. The number of hydrogen-bond acceptors (Lipinski definition) is 0. The molecule has 0 N–H and O–H groups in total. The average molecular weight is 455 g/mol. The van der Waals surface area contributed by atoms with Gasteiger partial charge in [0.15, 0.2) is 0 Å². The minimum atomic E-state index is -0.199. The summed E-state index contributed by atoms with van der Waals surface area (Å²) in [6.07, 6.45) is 14.1. The highest BCUT2D eigenvalue weighted by Crippen LogP contribution is 2.38. The molecule has 1 aliphatic rings. The van der Waals surface area contributed by atoms with Crippen LogP contribution in [-0.4, -0.2) is 0 Å². The van der Waals surface area contributed by atoms with E-state index in [-0.39, 0.29) is 5.82 Å². The van der Waals surface area contributed by atoms with Crippen LogP contribution in [0.2, 0.25) is 0 Å². The second kappa shape index (κ2) is 12.2. The van der Waals surface area contributed by atoms with Crippen molar-refractivity contribution in [1.82, 2.24) is 0 Å². The van der Waals surface area contributed by atoms with E-state index in [2.05, 4.69) is 62.1 Å². The minimum absolute atomic E-state index is 0.199. The van der Waals surface area contributed by atoms with Gasteiger partial charge in [-0.3, -0.25) is 0 Å². The standard InChI is InChI=1S/C33H39F/c1-3-5-6-7-8-9-26-10-12-27(13-11-26)16-19-29-20-21-31-24-30(22-23-32(31)33(29)34)28-17-14-25(4-2)15-18-28/h10-13,20-25,28H,3-9,14-15,17-18H2,1-2H3. The van der Waals surface area contributed by atoms with Gasteiger partial charge in [0.1, 0.15) is 5.82 Å². The molecule has 0 aliphatic heterocycles. The molecule has 1 aliphatic carbocycles. The molecule has 1 saturated carbocycles. The van der Waals surface area contributed by atoms with Crippen LogP contribution in [0.4, 0.5) is 4.39 Å². The maximum atomic E-state index is 15.2. The van der Waals surface area contributed by atoms with Crippen molar-refractivity contribution in [3.05, 3.63) is 82.7 Å². The van der Waals surface area contributed by atoms with Crippen molar-refractivity contribution in [3.8, 4) is 11.8 Å². The number of fused-ring (bicyclic) bond motifs is 1. The van der Waals surface area contributed by atoms with Crippen molar-refractivity contribution in [2.75, 3.05) is 0 Å². The number of rotatable bonds is 8. The molecule has 4 rings (SSSR count). The van der Waals surface area contributed by atoms with Gasteiger partial charge in [-0.05, 0) is 85.1 Å². The lowest BCUT2D eigenvalue weighted by molar-refractivity contribution is 0.319. The highest BCUT2D eigenvalue weighted by Gasteiger charge is 2.21. The van der Waals surface area contributed by atoms with Crippen molar-refractivity contribution in [2.45, 2.75) is 90.4 Å². The summed E-state index contributed by atoms with van der Waals surface area (Å²) in [7, 11) is 0. The van der Waals surface area contributed by atoms with Crippen molar-refractivity contribution in [2.24, 2.45) is 5.92 Å². The Morgan fingerprint density at radius 3 is 2.29 bits per heavy atom. The molecular formula is C33H39F. The van der Waals surface area contributed by atoms with Gasteiger partial charge in [0, 0.05) is 10.9 Å². The van der Waals surface area contributed by atoms with E-state index in [4.69, 9.17) is 0 Å². The molecule has 0 unspecified atom stereocenters. The van der Waals surface area contributed by atoms with Gasteiger partial charge in [0.25, 0.3) is 0 Å². The fourth-order valence-corrected chi connectivity index (χ4v) is 5.39. The Morgan fingerprint density at radius 2 is 1.56 bits per heavy atom. The molecule has 178 valence electrons. The van der Waals surface area contributed by atoms with Gasteiger partial charge >= 0.3 is 0 Å². The number of unbranched alkanes of at least 4 members (excludes halogenated alkanes) is 4. The maximum absolute atomic E-state index is 15.2. The summed E-state index contributed by atoms with van der Waals surface area (Å²) >= 11 is 0. The van der Waals surface area contributed by atoms with Crippen molar-refractivity contribution < 1.29 is 4.39 Å². The molecule has 34 heavy (non-hydrogen) atoms. The first-order valence-corrected chi connectivity index (χ1v) is 13.5. The Hall–Kier alpha value is -2.59. The monoisotopic (exact) mass is 454 g/mol. The van der Waals surface area contributed by atoms with E-state index in [0.29, 0.717) is 16.9 Å². The second-order valence-electron chi connectivity index (χ2n) is 10.1. The largest absolute Gasteiger partial charge is 0.205 e. The predicted octanol–water partition coefficient (Wildman–Crippen LogP) is 9.58. The summed E-state index contributed by atoms with van der Waals surface area (Å²) in [5.74, 6) is 7.54. The summed E-state index contributed by atoms with van der Waals surface area (Å²) in [4.78, 5) is 0. The predicted molar refractivity (Wildman–Crippen MR) is 144 cm³/mol. The normalized spacial score (nSPS) is 18.0. The summed E-state index contributed by atoms with van der Waals surface area (Å²) in [5, 5.41) is 1.66. The molecule has 3 aromatic carbocycles. The second-order valence-corrected chi connectivity index (χ2v) is 10.1. The topological polar surface area (TPSA) is 0 Å². The van der Waals surface area contributed by atoms with Crippen LogP contribution in [-0.2, 0) is 6.42 Å². The molecule has 0 bridgehead atoms. The van der Waals surface area contributed by atoms with Gasteiger partial charge in [0.2, 0.25) is 0 Å². The molecule has 0 nitrogen and oxygen atoms in total. The van der Waals surface area contributed by atoms with Gasteiger partial charge in [-0.25, -0.2) is 4.39 Å². The quantitative estimate of drug-likeness (QED) is 0.235. The van der Waals surface area contributed by atoms with Crippen LogP contribution < -0.4 is 0 Å². The smallest absolute Gasteiger partial charge is 0.146 e. The van der Waals surface area contributed by atoms with Crippen LogP contribution in [0.25, 0.3) is 10.8 Å². The zero-order chi connectivity index (χ0) is 23.8. The van der Waals surface area contributed by atoms with Gasteiger partial charge in [-0.2, -0.15) is 0 Å². The van der Waals surface area contributed by atoms with Crippen molar-refractivity contribution in [1.29, 1.82) is 0 Å². The number of hydrogen-bond donors (Lipinski definition) is 0. The lowest BCUT2D eigenvalue weighted by Gasteiger charge is -2.28. The first kappa shape index (κ1) is 24.5.